The van der Waals surface area contributed by atoms with Gasteiger partial charge in [-0.25, -0.2) is 14.4 Å². The maximum Gasteiger partial charge on any atom is 0.151 e. The van der Waals surface area contributed by atoms with Crippen LogP contribution < -0.4 is 0 Å². The molecule has 15 heavy (non-hydrogen) atoms. The molecule has 0 radical (unpaired) electrons. The summed E-state index contributed by atoms with van der Waals surface area (Å²) in [6.45, 7) is 3.74. The van der Waals surface area contributed by atoms with Crippen molar-refractivity contribution in [2.75, 3.05) is 0 Å². The second-order valence-electron chi connectivity index (χ2n) is 3.30. The van der Waals surface area contributed by atoms with Crippen LogP contribution in [-0.4, -0.2) is 9.97 Å². The van der Waals surface area contributed by atoms with Crippen LogP contribution in [0.3, 0.4) is 0 Å². The maximum atomic E-state index is 13.4. The number of aromatic nitrogens is 2. The molecule has 0 saturated heterocycles. The van der Waals surface area contributed by atoms with Crippen molar-refractivity contribution in [3.05, 3.63) is 41.5 Å². The summed E-state index contributed by atoms with van der Waals surface area (Å²) < 4.78 is 13.4. The summed E-state index contributed by atoms with van der Waals surface area (Å²) in [5.74, 6) is -0.324. The number of nitrogens with zero attached hydrogens (tertiary/aromatic N) is 2. The van der Waals surface area contributed by atoms with Crippen molar-refractivity contribution in [2.24, 2.45) is 0 Å². The lowest BCUT2D eigenvalue weighted by Gasteiger charge is -2.02. The molecule has 0 saturated carbocycles. The molecule has 0 unspecified atom stereocenters. The second kappa shape index (κ2) is 3.77. The number of halogens is 1. The summed E-state index contributed by atoms with van der Waals surface area (Å²) in [7, 11) is 0. The van der Waals surface area contributed by atoms with Gasteiger partial charge in [-0.05, 0) is 32.1 Å². The molecule has 0 N–H and O–H groups in total. The SMILES string of the molecule is C/C=C/c1nc2cccc(F)c2nc1C. The number of rotatable bonds is 1. The number of para-hydroxylation sites is 1. The summed E-state index contributed by atoms with van der Waals surface area (Å²) in [5.41, 5.74) is 2.46. The highest BCUT2D eigenvalue weighted by Gasteiger charge is 2.05. The quantitative estimate of drug-likeness (QED) is 0.710. The summed E-state index contributed by atoms with van der Waals surface area (Å²) in [6.07, 6.45) is 3.76. The van der Waals surface area contributed by atoms with E-state index in [4.69, 9.17) is 0 Å². The molecule has 0 amide bonds. The zero-order valence-electron chi connectivity index (χ0n) is 8.66. The number of aryl methyl sites for hydroxylation is 1. The van der Waals surface area contributed by atoms with Crippen LogP contribution in [0.5, 0.6) is 0 Å². The van der Waals surface area contributed by atoms with Gasteiger partial charge in [0.25, 0.3) is 0 Å². The smallest absolute Gasteiger partial charge is 0.151 e. The minimum atomic E-state index is -0.324. The molecule has 0 aliphatic heterocycles. The largest absolute Gasteiger partial charge is 0.246 e. The summed E-state index contributed by atoms with van der Waals surface area (Å²) in [5, 5.41) is 0. The Morgan fingerprint density at radius 1 is 1.27 bits per heavy atom. The fourth-order valence-corrected chi connectivity index (χ4v) is 1.46. The maximum absolute atomic E-state index is 13.4. The van der Waals surface area contributed by atoms with Crippen molar-refractivity contribution in [3.8, 4) is 0 Å². The first-order chi connectivity index (χ1) is 7.22. The highest BCUT2D eigenvalue weighted by Crippen LogP contribution is 2.16. The standard InChI is InChI=1S/C12H11FN2/c1-3-5-10-8(2)14-12-9(13)6-4-7-11(12)15-10/h3-7H,1-2H3/b5-3+. The van der Waals surface area contributed by atoms with E-state index in [0.717, 1.165) is 11.4 Å². The summed E-state index contributed by atoms with van der Waals surface area (Å²) >= 11 is 0. The molecule has 0 spiro atoms. The molecule has 2 nitrogen and oxygen atoms in total. The van der Waals surface area contributed by atoms with E-state index in [1.165, 1.54) is 6.07 Å². The second-order valence-corrected chi connectivity index (χ2v) is 3.30. The fourth-order valence-electron chi connectivity index (χ4n) is 1.46. The predicted molar refractivity (Wildman–Crippen MR) is 58.9 cm³/mol. The molecule has 2 aromatic rings. The van der Waals surface area contributed by atoms with Crippen molar-refractivity contribution in [1.29, 1.82) is 0 Å². The van der Waals surface area contributed by atoms with Gasteiger partial charge < -0.3 is 0 Å². The van der Waals surface area contributed by atoms with Gasteiger partial charge in [0.05, 0.1) is 16.9 Å². The van der Waals surface area contributed by atoms with Crippen LogP contribution in [0.1, 0.15) is 18.3 Å². The molecule has 1 aromatic heterocycles. The van der Waals surface area contributed by atoms with Crippen molar-refractivity contribution >= 4 is 17.1 Å². The molecule has 0 atom stereocenters. The lowest BCUT2D eigenvalue weighted by molar-refractivity contribution is 0.636. The van der Waals surface area contributed by atoms with Crippen molar-refractivity contribution in [2.45, 2.75) is 13.8 Å². The Hall–Kier alpha value is -1.77. The third-order valence-electron chi connectivity index (χ3n) is 2.18. The lowest BCUT2D eigenvalue weighted by atomic mass is 10.2. The monoisotopic (exact) mass is 202 g/mol. The first kappa shape index (κ1) is 9.77. The average molecular weight is 202 g/mol. The average Bonchev–Trinajstić information content (AvgIpc) is 2.21. The number of allylic oxidation sites excluding steroid dienone is 1. The Bertz CT molecular complexity index is 532. The zero-order chi connectivity index (χ0) is 10.8. The molecule has 0 aliphatic carbocycles. The van der Waals surface area contributed by atoms with Crippen molar-refractivity contribution in [3.63, 3.8) is 0 Å². The summed E-state index contributed by atoms with van der Waals surface area (Å²) in [6, 6.07) is 4.80. The van der Waals surface area contributed by atoms with Crippen LogP contribution in [0.25, 0.3) is 17.1 Å². The van der Waals surface area contributed by atoms with Gasteiger partial charge in [-0.2, -0.15) is 0 Å². The highest BCUT2D eigenvalue weighted by molar-refractivity contribution is 5.76. The van der Waals surface area contributed by atoms with Crippen LogP contribution in [0.4, 0.5) is 4.39 Å². The summed E-state index contributed by atoms with van der Waals surface area (Å²) in [4.78, 5) is 8.54. The van der Waals surface area contributed by atoms with E-state index in [1.54, 1.807) is 12.1 Å². The molecular formula is C12H11FN2. The molecule has 76 valence electrons. The van der Waals surface area contributed by atoms with E-state index in [-0.39, 0.29) is 5.82 Å². The molecule has 2 rings (SSSR count). The van der Waals surface area contributed by atoms with Gasteiger partial charge in [0.15, 0.2) is 5.82 Å². The number of hydrogen-bond donors (Lipinski definition) is 0. The molecule has 1 aromatic carbocycles. The normalized spacial score (nSPS) is 11.4. The van der Waals surface area contributed by atoms with Crippen molar-refractivity contribution in [1.82, 2.24) is 9.97 Å². The van der Waals surface area contributed by atoms with Crippen LogP contribution in [-0.2, 0) is 0 Å². The van der Waals surface area contributed by atoms with Gasteiger partial charge in [-0.1, -0.05) is 12.1 Å². The van der Waals surface area contributed by atoms with E-state index < -0.39 is 0 Å². The molecule has 3 heteroatoms. The van der Waals surface area contributed by atoms with E-state index in [1.807, 2.05) is 26.0 Å². The minimum Gasteiger partial charge on any atom is -0.246 e. The minimum absolute atomic E-state index is 0.324. The van der Waals surface area contributed by atoms with Crippen LogP contribution in [0.15, 0.2) is 24.3 Å². The highest BCUT2D eigenvalue weighted by atomic mass is 19.1. The van der Waals surface area contributed by atoms with Gasteiger partial charge in [0, 0.05) is 0 Å². The van der Waals surface area contributed by atoms with E-state index in [9.17, 15) is 4.39 Å². The number of hydrogen-bond acceptors (Lipinski definition) is 2. The van der Waals surface area contributed by atoms with Crippen LogP contribution in [0, 0.1) is 12.7 Å². The van der Waals surface area contributed by atoms with Gasteiger partial charge in [0.1, 0.15) is 5.52 Å². The van der Waals surface area contributed by atoms with Crippen LogP contribution in [0.2, 0.25) is 0 Å². The predicted octanol–water partition coefficient (Wildman–Crippen LogP) is 3.11. The topological polar surface area (TPSA) is 25.8 Å². The molecule has 0 fully saturated rings. The zero-order valence-corrected chi connectivity index (χ0v) is 8.66. The molecule has 0 aliphatic rings. The Morgan fingerprint density at radius 2 is 2.07 bits per heavy atom. The van der Waals surface area contributed by atoms with Gasteiger partial charge in [-0.3, -0.25) is 0 Å². The fraction of sp³-hybridized carbons (Fsp3) is 0.167. The molecule has 1 heterocycles. The van der Waals surface area contributed by atoms with Crippen LogP contribution >= 0.6 is 0 Å². The molecular weight excluding hydrogens is 191 g/mol. The third-order valence-corrected chi connectivity index (χ3v) is 2.18. The van der Waals surface area contributed by atoms with E-state index >= 15 is 0 Å². The van der Waals surface area contributed by atoms with E-state index in [0.29, 0.717) is 11.0 Å². The first-order valence-corrected chi connectivity index (χ1v) is 4.78. The first-order valence-electron chi connectivity index (χ1n) is 4.78. The van der Waals surface area contributed by atoms with Crippen molar-refractivity contribution < 1.29 is 4.39 Å². The van der Waals surface area contributed by atoms with E-state index in [2.05, 4.69) is 9.97 Å². The van der Waals surface area contributed by atoms with Gasteiger partial charge in [-0.15, -0.1) is 0 Å². The Morgan fingerprint density at radius 3 is 2.80 bits per heavy atom. The Balaban J connectivity index is 2.76. The Kier molecular flexibility index (Phi) is 2.46. The third kappa shape index (κ3) is 1.73. The number of fused-ring (bicyclic) bond motifs is 1. The van der Waals surface area contributed by atoms with Gasteiger partial charge in [0.2, 0.25) is 0 Å². The van der Waals surface area contributed by atoms with Gasteiger partial charge >= 0.3 is 0 Å². The Labute approximate surface area is 87.5 Å². The lowest BCUT2D eigenvalue weighted by Crippen LogP contribution is -1.95. The number of benzene rings is 1. The molecule has 0 bridgehead atoms.